The van der Waals surface area contributed by atoms with E-state index in [-0.39, 0.29) is 18.4 Å². The Hall–Kier alpha value is -3.35. The summed E-state index contributed by atoms with van der Waals surface area (Å²) in [5.74, 6) is -0.624. The summed E-state index contributed by atoms with van der Waals surface area (Å²) in [5.41, 5.74) is 2.95. The fourth-order valence-electron chi connectivity index (χ4n) is 2.74. The van der Waals surface area contributed by atoms with Gasteiger partial charge in [-0.15, -0.1) is 0 Å². The SMILES string of the molecule is Cc1cccc(NC(=O)CN(C)C(=O)c2cccc(NC(=O)OC(C)(C)C)c2)c1C. The van der Waals surface area contributed by atoms with E-state index in [2.05, 4.69) is 10.6 Å². The molecular weight excluding hydrogens is 382 g/mol. The van der Waals surface area contributed by atoms with Crippen LogP contribution in [-0.2, 0) is 9.53 Å². The number of likely N-dealkylation sites (N-methyl/N-ethyl adjacent to an activating group) is 1. The molecule has 0 spiro atoms. The largest absolute Gasteiger partial charge is 0.444 e. The van der Waals surface area contributed by atoms with Crippen LogP contribution in [0, 0.1) is 13.8 Å². The summed E-state index contributed by atoms with van der Waals surface area (Å²) in [5, 5.41) is 5.45. The Morgan fingerprint density at radius 2 is 1.67 bits per heavy atom. The van der Waals surface area contributed by atoms with Crippen LogP contribution in [0.5, 0.6) is 0 Å². The van der Waals surface area contributed by atoms with E-state index in [1.165, 1.54) is 4.90 Å². The number of nitrogens with zero attached hydrogens (tertiary/aromatic N) is 1. The minimum Gasteiger partial charge on any atom is -0.444 e. The van der Waals surface area contributed by atoms with E-state index in [0.29, 0.717) is 11.3 Å². The van der Waals surface area contributed by atoms with Crippen LogP contribution in [0.15, 0.2) is 42.5 Å². The second kappa shape index (κ2) is 9.43. The maximum Gasteiger partial charge on any atom is 0.412 e. The van der Waals surface area contributed by atoms with Crippen LogP contribution < -0.4 is 10.6 Å². The summed E-state index contributed by atoms with van der Waals surface area (Å²) in [6.45, 7) is 9.11. The molecule has 0 aliphatic rings. The smallest absolute Gasteiger partial charge is 0.412 e. The molecule has 2 N–H and O–H groups in total. The molecule has 0 atom stereocenters. The van der Waals surface area contributed by atoms with Gasteiger partial charge in [0.25, 0.3) is 5.91 Å². The highest BCUT2D eigenvalue weighted by Gasteiger charge is 2.18. The topological polar surface area (TPSA) is 87.7 Å². The third-order valence-electron chi connectivity index (χ3n) is 4.36. The van der Waals surface area contributed by atoms with E-state index in [0.717, 1.165) is 16.8 Å². The second-order valence-electron chi connectivity index (χ2n) is 8.16. The van der Waals surface area contributed by atoms with Gasteiger partial charge in [0.1, 0.15) is 5.60 Å². The summed E-state index contributed by atoms with van der Waals surface area (Å²) in [6.07, 6.45) is -0.603. The van der Waals surface area contributed by atoms with Gasteiger partial charge in [-0.05, 0) is 70.0 Å². The van der Waals surface area contributed by atoms with E-state index in [1.807, 2.05) is 32.0 Å². The Kier molecular flexibility index (Phi) is 7.21. The van der Waals surface area contributed by atoms with Crippen molar-refractivity contribution in [1.29, 1.82) is 0 Å². The van der Waals surface area contributed by atoms with Crippen LogP contribution >= 0.6 is 0 Å². The molecule has 0 radical (unpaired) electrons. The molecule has 160 valence electrons. The number of carbonyl (C=O) groups excluding carboxylic acids is 3. The minimum absolute atomic E-state index is 0.101. The number of aryl methyl sites for hydroxylation is 1. The molecule has 0 heterocycles. The molecule has 0 fully saturated rings. The molecule has 0 aliphatic carbocycles. The van der Waals surface area contributed by atoms with Crippen molar-refractivity contribution in [3.63, 3.8) is 0 Å². The molecule has 0 saturated carbocycles. The van der Waals surface area contributed by atoms with Crippen molar-refractivity contribution in [1.82, 2.24) is 4.90 Å². The lowest BCUT2D eigenvalue weighted by Gasteiger charge is -2.20. The van der Waals surface area contributed by atoms with Crippen molar-refractivity contribution in [2.24, 2.45) is 0 Å². The number of amides is 3. The molecule has 0 unspecified atom stereocenters. The van der Waals surface area contributed by atoms with E-state index in [4.69, 9.17) is 4.74 Å². The first-order chi connectivity index (χ1) is 14.0. The number of ether oxygens (including phenoxy) is 1. The lowest BCUT2D eigenvalue weighted by Crippen LogP contribution is -2.35. The van der Waals surface area contributed by atoms with Gasteiger partial charge in [-0.2, -0.15) is 0 Å². The highest BCUT2D eigenvalue weighted by molar-refractivity contribution is 6.00. The zero-order valence-corrected chi connectivity index (χ0v) is 18.3. The van der Waals surface area contributed by atoms with Crippen molar-refractivity contribution >= 4 is 29.3 Å². The summed E-state index contributed by atoms with van der Waals surface area (Å²) in [7, 11) is 1.55. The van der Waals surface area contributed by atoms with Crippen molar-refractivity contribution in [3.05, 3.63) is 59.2 Å². The third-order valence-corrected chi connectivity index (χ3v) is 4.36. The van der Waals surface area contributed by atoms with Gasteiger partial charge >= 0.3 is 6.09 Å². The molecule has 0 aromatic heterocycles. The van der Waals surface area contributed by atoms with Crippen molar-refractivity contribution in [2.75, 3.05) is 24.2 Å². The first kappa shape index (κ1) is 22.9. The number of hydrogen-bond donors (Lipinski definition) is 2. The minimum atomic E-state index is -0.624. The second-order valence-corrected chi connectivity index (χ2v) is 8.16. The molecule has 7 nitrogen and oxygen atoms in total. The van der Waals surface area contributed by atoms with Gasteiger partial charge in [-0.3, -0.25) is 14.9 Å². The van der Waals surface area contributed by atoms with Crippen LogP contribution in [-0.4, -0.2) is 42.0 Å². The zero-order valence-electron chi connectivity index (χ0n) is 18.3. The third kappa shape index (κ3) is 6.62. The molecule has 3 amide bonds. The monoisotopic (exact) mass is 411 g/mol. The molecule has 2 rings (SSSR count). The van der Waals surface area contributed by atoms with Gasteiger partial charge < -0.3 is 15.0 Å². The summed E-state index contributed by atoms with van der Waals surface area (Å²) < 4.78 is 5.22. The summed E-state index contributed by atoms with van der Waals surface area (Å²) >= 11 is 0. The Morgan fingerprint density at radius 3 is 2.33 bits per heavy atom. The van der Waals surface area contributed by atoms with Gasteiger partial charge in [0.2, 0.25) is 5.91 Å². The van der Waals surface area contributed by atoms with Crippen molar-refractivity contribution in [3.8, 4) is 0 Å². The quantitative estimate of drug-likeness (QED) is 0.765. The summed E-state index contributed by atoms with van der Waals surface area (Å²) in [6, 6.07) is 12.2. The van der Waals surface area contributed by atoms with Crippen molar-refractivity contribution in [2.45, 2.75) is 40.2 Å². The number of hydrogen-bond acceptors (Lipinski definition) is 4. The molecule has 0 saturated heterocycles. The van der Waals surface area contributed by atoms with Crippen LogP contribution in [0.4, 0.5) is 16.2 Å². The normalized spacial score (nSPS) is 10.9. The van der Waals surface area contributed by atoms with Crippen molar-refractivity contribution < 1.29 is 19.1 Å². The molecule has 7 heteroatoms. The number of carbonyl (C=O) groups is 3. The van der Waals surface area contributed by atoms with Crippen LogP contribution in [0.3, 0.4) is 0 Å². The first-order valence-corrected chi connectivity index (χ1v) is 9.68. The number of anilines is 2. The molecular formula is C23H29N3O4. The lowest BCUT2D eigenvalue weighted by atomic mass is 10.1. The zero-order chi connectivity index (χ0) is 22.5. The first-order valence-electron chi connectivity index (χ1n) is 9.68. The fraction of sp³-hybridized carbons (Fsp3) is 0.348. The van der Waals surface area contributed by atoms with E-state index in [1.54, 1.807) is 52.1 Å². The fourth-order valence-corrected chi connectivity index (χ4v) is 2.74. The lowest BCUT2D eigenvalue weighted by molar-refractivity contribution is -0.116. The number of benzene rings is 2. The number of nitrogens with one attached hydrogen (secondary N) is 2. The maximum atomic E-state index is 12.7. The van der Waals surface area contributed by atoms with Gasteiger partial charge in [0.15, 0.2) is 0 Å². The molecule has 0 bridgehead atoms. The van der Waals surface area contributed by atoms with Gasteiger partial charge in [-0.1, -0.05) is 18.2 Å². The predicted molar refractivity (Wildman–Crippen MR) is 118 cm³/mol. The molecule has 30 heavy (non-hydrogen) atoms. The van der Waals surface area contributed by atoms with E-state index >= 15 is 0 Å². The van der Waals surface area contributed by atoms with E-state index < -0.39 is 11.7 Å². The van der Waals surface area contributed by atoms with Gasteiger partial charge in [-0.25, -0.2) is 4.79 Å². The Bertz CT molecular complexity index is 948. The average molecular weight is 412 g/mol. The summed E-state index contributed by atoms with van der Waals surface area (Å²) in [4.78, 5) is 38.4. The van der Waals surface area contributed by atoms with Gasteiger partial charge in [0, 0.05) is 24.0 Å². The van der Waals surface area contributed by atoms with Crippen LogP contribution in [0.25, 0.3) is 0 Å². The highest BCUT2D eigenvalue weighted by Crippen LogP contribution is 2.18. The van der Waals surface area contributed by atoms with Crippen LogP contribution in [0.2, 0.25) is 0 Å². The maximum absolute atomic E-state index is 12.7. The standard InChI is InChI=1S/C23H29N3O4/c1-15-9-7-12-19(16(15)2)25-20(27)14-26(6)21(28)17-10-8-11-18(13-17)24-22(29)30-23(3,4)5/h7-13H,14H2,1-6H3,(H,24,29)(H,25,27). The molecule has 2 aromatic rings. The average Bonchev–Trinajstić information content (AvgIpc) is 2.63. The van der Waals surface area contributed by atoms with Gasteiger partial charge in [0.05, 0.1) is 6.54 Å². The molecule has 2 aromatic carbocycles. The predicted octanol–water partition coefficient (Wildman–Crippen LogP) is 4.36. The molecule has 0 aliphatic heterocycles. The Morgan fingerprint density at radius 1 is 1.00 bits per heavy atom. The number of rotatable bonds is 5. The Labute approximate surface area is 177 Å². The highest BCUT2D eigenvalue weighted by atomic mass is 16.6. The van der Waals surface area contributed by atoms with Crippen LogP contribution in [0.1, 0.15) is 42.3 Å². The van der Waals surface area contributed by atoms with E-state index in [9.17, 15) is 14.4 Å². The Balaban J connectivity index is 2.01.